The van der Waals surface area contributed by atoms with Crippen molar-refractivity contribution in [2.45, 2.75) is 46.6 Å². The van der Waals surface area contributed by atoms with E-state index in [1.165, 1.54) is 22.2 Å². The van der Waals surface area contributed by atoms with Crippen LogP contribution in [0.1, 0.15) is 48.8 Å². The van der Waals surface area contributed by atoms with Crippen molar-refractivity contribution in [3.63, 3.8) is 0 Å². The summed E-state index contributed by atoms with van der Waals surface area (Å²) in [4.78, 5) is 4.93. The smallest absolute Gasteiger partial charge is 0.115 e. The number of aryl methyl sites for hydroxylation is 2. The van der Waals surface area contributed by atoms with Crippen molar-refractivity contribution < 1.29 is 0 Å². The van der Waals surface area contributed by atoms with Gasteiger partial charge in [0.2, 0.25) is 0 Å². The lowest BCUT2D eigenvalue weighted by Gasteiger charge is -2.20. The number of nitriles is 1. The van der Waals surface area contributed by atoms with E-state index in [0.717, 1.165) is 17.9 Å². The van der Waals surface area contributed by atoms with Crippen LogP contribution in [-0.4, -0.2) is 9.55 Å². The first-order chi connectivity index (χ1) is 11.3. The van der Waals surface area contributed by atoms with E-state index in [1.807, 2.05) is 24.3 Å². The molecule has 0 aliphatic heterocycles. The molecule has 0 spiro atoms. The molecule has 3 rings (SSSR count). The van der Waals surface area contributed by atoms with Gasteiger partial charge in [0.1, 0.15) is 5.82 Å². The van der Waals surface area contributed by atoms with Gasteiger partial charge in [0.15, 0.2) is 0 Å². The van der Waals surface area contributed by atoms with Crippen LogP contribution >= 0.6 is 0 Å². The average Bonchev–Trinajstić information content (AvgIpc) is 2.87. The van der Waals surface area contributed by atoms with Gasteiger partial charge in [0, 0.05) is 12.0 Å². The van der Waals surface area contributed by atoms with E-state index in [1.54, 1.807) is 0 Å². The molecule has 0 unspecified atom stereocenters. The molecule has 2 aromatic carbocycles. The van der Waals surface area contributed by atoms with Crippen molar-refractivity contribution in [2.24, 2.45) is 0 Å². The summed E-state index contributed by atoms with van der Waals surface area (Å²) in [7, 11) is 0. The van der Waals surface area contributed by atoms with Crippen LogP contribution in [0.3, 0.4) is 0 Å². The Morgan fingerprint density at radius 1 is 1.04 bits per heavy atom. The second kappa shape index (κ2) is 5.79. The molecule has 0 radical (unpaired) electrons. The van der Waals surface area contributed by atoms with Gasteiger partial charge in [-0.3, -0.25) is 0 Å². The maximum atomic E-state index is 8.97. The average molecular weight is 317 g/mol. The highest BCUT2D eigenvalue weighted by molar-refractivity contribution is 5.78. The fourth-order valence-corrected chi connectivity index (χ4v) is 2.98. The van der Waals surface area contributed by atoms with Crippen molar-refractivity contribution in [3.05, 3.63) is 64.5 Å². The van der Waals surface area contributed by atoms with Crippen molar-refractivity contribution >= 4 is 11.0 Å². The first-order valence-corrected chi connectivity index (χ1v) is 8.26. The molecule has 0 saturated carbocycles. The number of hydrogen-bond acceptors (Lipinski definition) is 2. The molecule has 0 N–H and O–H groups in total. The van der Waals surface area contributed by atoms with E-state index < -0.39 is 0 Å². The van der Waals surface area contributed by atoms with Gasteiger partial charge in [0.25, 0.3) is 0 Å². The zero-order valence-corrected chi connectivity index (χ0v) is 15.0. The summed E-state index contributed by atoms with van der Waals surface area (Å²) >= 11 is 0. The minimum absolute atomic E-state index is 0.0343. The predicted octanol–water partition coefficient (Wildman–Crippen LogP) is 4.87. The molecule has 0 amide bonds. The summed E-state index contributed by atoms with van der Waals surface area (Å²) in [5, 5.41) is 8.97. The normalized spacial score (nSPS) is 11.7. The third-order valence-electron chi connectivity index (χ3n) is 4.46. The SMILES string of the molecule is Cc1cc2nc(C(C)(C)C)n(Cc3ccc(C#N)cc3)c2cc1C. The van der Waals surface area contributed by atoms with Crippen LogP contribution in [0, 0.1) is 25.2 Å². The molecule has 122 valence electrons. The maximum absolute atomic E-state index is 8.97. The van der Waals surface area contributed by atoms with Crippen molar-refractivity contribution in [1.29, 1.82) is 5.26 Å². The highest BCUT2D eigenvalue weighted by Gasteiger charge is 2.23. The van der Waals surface area contributed by atoms with Crippen molar-refractivity contribution in [2.75, 3.05) is 0 Å². The van der Waals surface area contributed by atoms with Gasteiger partial charge in [-0.25, -0.2) is 4.98 Å². The summed E-state index contributed by atoms with van der Waals surface area (Å²) in [5.41, 5.74) is 6.61. The molecule has 0 bridgehead atoms. The number of imidazole rings is 1. The van der Waals surface area contributed by atoms with E-state index in [0.29, 0.717) is 5.56 Å². The first kappa shape index (κ1) is 16.3. The molecule has 0 fully saturated rings. The lowest BCUT2D eigenvalue weighted by molar-refractivity contribution is 0.516. The molecule has 3 heteroatoms. The molecule has 0 aliphatic rings. The standard InChI is InChI=1S/C21H23N3/c1-14-10-18-19(11-15(14)2)24(20(23-18)21(3,4)5)13-17-8-6-16(12-22)7-9-17/h6-11H,13H2,1-5H3. The van der Waals surface area contributed by atoms with Crippen LogP contribution in [0.4, 0.5) is 0 Å². The first-order valence-electron chi connectivity index (χ1n) is 8.26. The van der Waals surface area contributed by atoms with E-state index in [-0.39, 0.29) is 5.41 Å². The van der Waals surface area contributed by atoms with E-state index in [4.69, 9.17) is 10.2 Å². The third-order valence-corrected chi connectivity index (χ3v) is 4.46. The Kier molecular flexibility index (Phi) is 3.93. The van der Waals surface area contributed by atoms with Crippen molar-refractivity contribution in [1.82, 2.24) is 9.55 Å². The third kappa shape index (κ3) is 2.92. The van der Waals surface area contributed by atoms with E-state index in [9.17, 15) is 0 Å². The topological polar surface area (TPSA) is 41.6 Å². The Hall–Kier alpha value is -2.60. The maximum Gasteiger partial charge on any atom is 0.115 e. The Bertz CT molecular complexity index is 932. The summed E-state index contributed by atoms with van der Waals surface area (Å²) in [6.45, 7) is 11.6. The van der Waals surface area contributed by atoms with Crippen molar-refractivity contribution in [3.8, 4) is 6.07 Å². The van der Waals surface area contributed by atoms with Crippen LogP contribution in [0.2, 0.25) is 0 Å². The number of rotatable bonds is 2. The fraction of sp³-hybridized carbons (Fsp3) is 0.333. The molecular formula is C21H23N3. The highest BCUT2D eigenvalue weighted by Crippen LogP contribution is 2.29. The number of hydrogen-bond donors (Lipinski definition) is 0. The predicted molar refractivity (Wildman–Crippen MR) is 98.2 cm³/mol. The highest BCUT2D eigenvalue weighted by atomic mass is 15.1. The Labute approximate surface area is 143 Å². The van der Waals surface area contributed by atoms with Crippen LogP contribution in [0.15, 0.2) is 36.4 Å². The molecule has 0 saturated heterocycles. The van der Waals surface area contributed by atoms with Crippen LogP contribution in [0.25, 0.3) is 11.0 Å². The molecular weight excluding hydrogens is 294 g/mol. The van der Waals surface area contributed by atoms with Crippen LogP contribution in [-0.2, 0) is 12.0 Å². The number of nitrogens with zero attached hydrogens (tertiary/aromatic N) is 3. The molecule has 3 nitrogen and oxygen atoms in total. The van der Waals surface area contributed by atoms with E-state index in [2.05, 4.69) is 57.4 Å². The lowest BCUT2D eigenvalue weighted by atomic mass is 9.95. The van der Waals surface area contributed by atoms with Gasteiger partial charge in [-0.2, -0.15) is 5.26 Å². The zero-order chi connectivity index (χ0) is 17.5. The number of aromatic nitrogens is 2. The van der Waals surface area contributed by atoms with Gasteiger partial charge in [0.05, 0.1) is 22.7 Å². The second-order valence-electron chi connectivity index (χ2n) is 7.51. The van der Waals surface area contributed by atoms with Gasteiger partial charge in [-0.15, -0.1) is 0 Å². The van der Waals surface area contributed by atoms with Gasteiger partial charge in [-0.1, -0.05) is 32.9 Å². The largest absolute Gasteiger partial charge is 0.323 e. The number of fused-ring (bicyclic) bond motifs is 1. The zero-order valence-electron chi connectivity index (χ0n) is 15.0. The number of benzene rings is 2. The monoisotopic (exact) mass is 317 g/mol. The quantitative estimate of drug-likeness (QED) is 0.676. The van der Waals surface area contributed by atoms with E-state index >= 15 is 0 Å². The minimum Gasteiger partial charge on any atom is -0.323 e. The second-order valence-corrected chi connectivity index (χ2v) is 7.51. The van der Waals surface area contributed by atoms with Crippen LogP contribution < -0.4 is 0 Å². The summed E-state index contributed by atoms with van der Waals surface area (Å²) in [5.74, 6) is 1.09. The molecule has 1 aromatic heterocycles. The minimum atomic E-state index is -0.0343. The molecule has 3 aromatic rings. The Balaban J connectivity index is 2.16. The molecule has 0 aliphatic carbocycles. The van der Waals surface area contributed by atoms with Gasteiger partial charge in [-0.05, 0) is 54.8 Å². The van der Waals surface area contributed by atoms with Crippen LogP contribution in [0.5, 0.6) is 0 Å². The summed E-state index contributed by atoms with van der Waals surface area (Å²) < 4.78 is 2.31. The molecule has 1 heterocycles. The molecule has 0 atom stereocenters. The Morgan fingerprint density at radius 2 is 1.67 bits per heavy atom. The molecule has 24 heavy (non-hydrogen) atoms. The van der Waals surface area contributed by atoms with Gasteiger partial charge < -0.3 is 4.57 Å². The fourth-order valence-electron chi connectivity index (χ4n) is 2.98. The summed E-state index contributed by atoms with van der Waals surface area (Å²) in [6, 6.07) is 14.4. The lowest BCUT2D eigenvalue weighted by Crippen LogP contribution is -2.19. The summed E-state index contributed by atoms with van der Waals surface area (Å²) in [6.07, 6.45) is 0. The Morgan fingerprint density at radius 3 is 2.25 bits per heavy atom. The van der Waals surface area contributed by atoms with Gasteiger partial charge >= 0.3 is 0 Å².